The predicted octanol–water partition coefficient (Wildman–Crippen LogP) is 1.92. The number of rotatable bonds is 2. The standard InChI is InChI=1S/C15H14N2O3S/c1-10-2-6-13(7-3-10)21(19,20)17-9-11-4-5-12(16)8-14(11)15(17)18/h2-8H,9,16H2,1H3. The average molecular weight is 302 g/mol. The summed E-state index contributed by atoms with van der Waals surface area (Å²) < 4.78 is 26.1. The molecule has 3 rings (SSSR count). The number of aryl methyl sites for hydroxylation is 1. The first-order valence-electron chi connectivity index (χ1n) is 6.42. The largest absolute Gasteiger partial charge is 0.399 e. The Labute approximate surface area is 123 Å². The van der Waals surface area contributed by atoms with Gasteiger partial charge >= 0.3 is 0 Å². The van der Waals surface area contributed by atoms with Gasteiger partial charge in [-0.3, -0.25) is 4.79 Å². The zero-order valence-electron chi connectivity index (χ0n) is 11.4. The number of carbonyl (C=O) groups is 1. The van der Waals surface area contributed by atoms with Crippen molar-refractivity contribution in [3.05, 3.63) is 59.2 Å². The van der Waals surface area contributed by atoms with Crippen molar-refractivity contribution in [2.75, 3.05) is 5.73 Å². The van der Waals surface area contributed by atoms with E-state index in [4.69, 9.17) is 5.73 Å². The van der Waals surface area contributed by atoms with E-state index in [2.05, 4.69) is 0 Å². The van der Waals surface area contributed by atoms with Gasteiger partial charge < -0.3 is 5.73 Å². The second-order valence-electron chi connectivity index (χ2n) is 5.05. The molecular formula is C15H14N2O3S. The van der Waals surface area contributed by atoms with E-state index in [1.54, 1.807) is 24.3 Å². The SMILES string of the molecule is Cc1ccc(S(=O)(=O)N2Cc3ccc(N)cc3C2=O)cc1. The quantitative estimate of drug-likeness (QED) is 0.859. The summed E-state index contributed by atoms with van der Waals surface area (Å²) in [4.78, 5) is 12.4. The number of hydrogen-bond acceptors (Lipinski definition) is 4. The first-order chi connectivity index (χ1) is 9.89. The molecule has 0 saturated carbocycles. The molecule has 2 aromatic carbocycles. The molecule has 0 bridgehead atoms. The van der Waals surface area contributed by atoms with Crippen molar-refractivity contribution in [3.8, 4) is 0 Å². The fourth-order valence-corrected chi connectivity index (χ4v) is 3.68. The van der Waals surface area contributed by atoms with Crippen molar-refractivity contribution < 1.29 is 13.2 Å². The van der Waals surface area contributed by atoms with E-state index >= 15 is 0 Å². The number of nitrogen functional groups attached to an aromatic ring is 1. The van der Waals surface area contributed by atoms with Crippen LogP contribution in [0.3, 0.4) is 0 Å². The molecule has 0 saturated heterocycles. The summed E-state index contributed by atoms with van der Waals surface area (Å²) in [5.74, 6) is -0.530. The smallest absolute Gasteiger partial charge is 0.268 e. The van der Waals surface area contributed by atoms with E-state index in [0.717, 1.165) is 9.87 Å². The lowest BCUT2D eigenvalue weighted by Crippen LogP contribution is -2.31. The predicted molar refractivity (Wildman–Crippen MR) is 79.1 cm³/mol. The fraction of sp³-hybridized carbons (Fsp3) is 0.133. The maximum Gasteiger partial charge on any atom is 0.268 e. The van der Waals surface area contributed by atoms with E-state index in [9.17, 15) is 13.2 Å². The number of fused-ring (bicyclic) bond motifs is 1. The third-order valence-electron chi connectivity index (χ3n) is 3.51. The third-order valence-corrected chi connectivity index (χ3v) is 5.26. The Hall–Kier alpha value is -2.34. The van der Waals surface area contributed by atoms with Crippen LogP contribution in [0.25, 0.3) is 0 Å². The van der Waals surface area contributed by atoms with Crippen molar-refractivity contribution >= 4 is 21.6 Å². The van der Waals surface area contributed by atoms with Gasteiger partial charge in [0.1, 0.15) is 0 Å². The lowest BCUT2D eigenvalue weighted by atomic mass is 10.1. The molecule has 5 nitrogen and oxygen atoms in total. The molecular weight excluding hydrogens is 288 g/mol. The minimum atomic E-state index is -3.84. The number of anilines is 1. The maximum absolute atomic E-state index is 12.6. The van der Waals surface area contributed by atoms with Crippen molar-refractivity contribution in [1.29, 1.82) is 0 Å². The van der Waals surface area contributed by atoms with Crippen LogP contribution < -0.4 is 5.73 Å². The van der Waals surface area contributed by atoms with E-state index in [1.807, 2.05) is 6.92 Å². The molecule has 6 heteroatoms. The number of sulfonamides is 1. The van der Waals surface area contributed by atoms with Crippen LogP contribution in [0.15, 0.2) is 47.4 Å². The highest BCUT2D eigenvalue weighted by molar-refractivity contribution is 7.89. The molecule has 0 unspecified atom stereocenters. The van der Waals surface area contributed by atoms with Gasteiger partial charge in [0.15, 0.2) is 0 Å². The summed E-state index contributed by atoms with van der Waals surface area (Å²) in [5, 5.41) is 0. The maximum atomic E-state index is 12.6. The van der Waals surface area contributed by atoms with Crippen molar-refractivity contribution in [3.63, 3.8) is 0 Å². The molecule has 2 N–H and O–H groups in total. The van der Waals surface area contributed by atoms with E-state index in [-0.39, 0.29) is 11.4 Å². The van der Waals surface area contributed by atoms with Crippen LogP contribution in [-0.2, 0) is 16.6 Å². The monoisotopic (exact) mass is 302 g/mol. The first kappa shape index (κ1) is 13.6. The first-order valence-corrected chi connectivity index (χ1v) is 7.86. The van der Waals surface area contributed by atoms with E-state index < -0.39 is 15.9 Å². The second-order valence-corrected chi connectivity index (χ2v) is 6.91. The Kier molecular flexibility index (Phi) is 2.98. The number of carbonyl (C=O) groups excluding carboxylic acids is 1. The molecule has 1 aliphatic rings. The molecule has 0 aromatic heterocycles. The lowest BCUT2D eigenvalue weighted by molar-refractivity contribution is 0.0879. The molecule has 0 aliphatic carbocycles. The normalized spacial score (nSPS) is 14.3. The van der Waals surface area contributed by atoms with Crippen molar-refractivity contribution in [2.24, 2.45) is 0 Å². The van der Waals surface area contributed by atoms with Crippen molar-refractivity contribution in [1.82, 2.24) is 4.31 Å². The van der Waals surface area contributed by atoms with Crippen LogP contribution in [0.1, 0.15) is 21.5 Å². The molecule has 1 heterocycles. The fourth-order valence-electron chi connectivity index (χ4n) is 2.32. The molecule has 0 radical (unpaired) electrons. The Morgan fingerprint density at radius 2 is 1.76 bits per heavy atom. The summed E-state index contributed by atoms with van der Waals surface area (Å²) in [6.07, 6.45) is 0. The summed E-state index contributed by atoms with van der Waals surface area (Å²) in [6.45, 7) is 1.92. The van der Waals surface area contributed by atoms with Crippen LogP contribution in [0.4, 0.5) is 5.69 Å². The van der Waals surface area contributed by atoms with E-state index in [0.29, 0.717) is 16.8 Å². The molecule has 21 heavy (non-hydrogen) atoms. The van der Waals surface area contributed by atoms with Gasteiger partial charge in [0.05, 0.1) is 11.4 Å². The van der Waals surface area contributed by atoms with E-state index in [1.165, 1.54) is 18.2 Å². The van der Waals surface area contributed by atoms with Gasteiger partial charge in [0.25, 0.3) is 15.9 Å². The highest BCUT2D eigenvalue weighted by atomic mass is 32.2. The zero-order valence-corrected chi connectivity index (χ0v) is 12.2. The Balaban J connectivity index is 2.03. The van der Waals surface area contributed by atoms with Gasteiger partial charge in [-0.25, -0.2) is 12.7 Å². The molecule has 1 amide bonds. The highest BCUT2D eigenvalue weighted by Gasteiger charge is 2.36. The van der Waals surface area contributed by atoms with Gasteiger partial charge in [-0.1, -0.05) is 23.8 Å². The van der Waals surface area contributed by atoms with Crippen molar-refractivity contribution in [2.45, 2.75) is 18.4 Å². The molecule has 0 atom stereocenters. The summed E-state index contributed by atoms with van der Waals surface area (Å²) >= 11 is 0. The summed E-state index contributed by atoms with van der Waals surface area (Å²) in [7, 11) is -3.84. The summed E-state index contributed by atoms with van der Waals surface area (Å²) in [6, 6.07) is 11.3. The van der Waals surface area contributed by atoms with Crippen LogP contribution in [0.2, 0.25) is 0 Å². The number of hydrogen-bond donors (Lipinski definition) is 1. The van der Waals surface area contributed by atoms with Gasteiger partial charge in [0.2, 0.25) is 0 Å². The Bertz CT molecular complexity index is 826. The number of benzene rings is 2. The third kappa shape index (κ3) is 2.17. The second kappa shape index (κ2) is 4.60. The van der Waals surface area contributed by atoms with Gasteiger partial charge in [-0.15, -0.1) is 0 Å². The highest BCUT2D eigenvalue weighted by Crippen LogP contribution is 2.29. The van der Waals surface area contributed by atoms with Crippen LogP contribution in [0.5, 0.6) is 0 Å². The lowest BCUT2D eigenvalue weighted by Gasteiger charge is -2.16. The minimum Gasteiger partial charge on any atom is -0.399 e. The molecule has 0 fully saturated rings. The van der Waals surface area contributed by atoms with Crippen LogP contribution in [-0.4, -0.2) is 18.6 Å². The molecule has 1 aliphatic heterocycles. The minimum absolute atomic E-state index is 0.0463. The number of amides is 1. The van der Waals surface area contributed by atoms with Gasteiger partial charge in [-0.2, -0.15) is 0 Å². The molecule has 2 aromatic rings. The molecule has 0 spiro atoms. The van der Waals surface area contributed by atoms with Crippen LogP contribution >= 0.6 is 0 Å². The summed E-state index contributed by atoms with van der Waals surface area (Å²) in [5.41, 5.74) is 8.08. The number of nitrogens with two attached hydrogens (primary N) is 1. The molecule has 108 valence electrons. The Morgan fingerprint density at radius 3 is 2.43 bits per heavy atom. The zero-order chi connectivity index (χ0) is 15.2. The topological polar surface area (TPSA) is 80.5 Å². The Morgan fingerprint density at radius 1 is 1.10 bits per heavy atom. The number of nitrogens with zero attached hydrogens (tertiary/aromatic N) is 1. The van der Waals surface area contributed by atoms with Gasteiger partial charge in [0, 0.05) is 11.3 Å². The average Bonchev–Trinajstić information content (AvgIpc) is 2.77. The van der Waals surface area contributed by atoms with Crippen LogP contribution in [0, 0.1) is 6.92 Å². The van der Waals surface area contributed by atoms with Gasteiger partial charge in [-0.05, 0) is 36.8 Å².